The van der Waals surface area contributed by atoms with Crippen LogP contribution in [0.25, 0.3) is 0 Å². The molecule has 2 aliphatic rings. The van der Waals surface area contributed by atoms with E-state index in [2.05, 4.69) is 17.6 Å². The van der Waals surface area contributed by atoms with Crippen molar-refractivity contribution in [1.29, 1.82) is 0 Å². The second-order valence-electron chi connectivity index (χ2n) is 7.37. The predicted octanol–water partition coefficient (Wildman–Crippen LogP) is 1.18. The lowest BCUT2D eigenvalue weighted by atomic mass is 9.94. The summed E-state index contributed by atoms with van der Waals surface area (Å²) in [4.78, 5) is 27.0. The number of hydrogen-bond acceptors (Lipinski definition) is 6. The molecule has 3 atom stereocenters. The van der Waals surface area contributed by atoms with Crippen molar-refractivity contribution >= 4 is 17.5 Å². The highest BCUT2D eigenvalue weighted by molar-refractivity contribution is 6.00. The van der Waals surface area contributed by atoms with Gasteiger partial charge in [0.15, 0.2) is 11.5 Å². The van der Waals surface area contributed by atoms with Crippen molar-refractivity contribution in [2.45, 2.75) is 25.8 Å². The first kappa shape index (κ1) is 20.3. The van der Waals surface area contributed by atoms with Crippen LogP contribution in [0, 0.1) is 11.8 Å². The summed E-state index contributed by atoms with van der Waals surface area (Å²) in [6.45, 7) is 4.25. The van der Waals surface area contributed by atoms with Gasteiger partial charge < -0.3 is 29.7 Å². The van der Waals surface area contributed by atoms with E-state index < -0.39 is 0 Å². The average Bonchev–Trinajstić information content (AvgIpc) is 3.10. The second kappa shape index (κ2) is 8.68. The minimum absolute atomic E-state index is 0.0537. The zero-order chi connectivity index (χ0) is 20.3. The van der Waals surface area contributed by atoms with Crippen molar-refractivity contribution in [2.75, 3.05) is 45.9 Å². The molecule has 0 saturated carbocycles. The van der Waals surface area contributed by atoms with E-state index in [-0.39, 0.29) is 30.2 Å². The summed E-state index contributed by atoms with van der Waals surface area (Å²) in [5, 5.41) is 6.47. The van der Waals surface area contributed by atoms with Crippen molar-refractivity contribution < 1.29 is 23.8 Å². The maximum Gasteiger partial charge on any atom is 0.227 e. The number of methoxy groups -OCH3 is 3. The summed E-state index contributed by atoms with van der Waals surface area (Å²) in [7, 11) is 4.59. The molecular weight excluding hydrogens is 362 g/mol. The molecule has 2 aliphatic heterocycles. The van der Waals surface area contributed by atoms with Crippen LogP contribution < -0.4 is 29.7 Å². The first-order valence-electron chi connectivity index (χ1n) is 9.60. The van der Waals surface area contributed by atoms with Crippen molar-refractivity contribution in [3.8, 4) is 17.2 Å². The summed E-state index contributed by atoms with van der Waals surface area (Å²) >= 11 is 0. The number of ether oxygens (including phenoxy) is 3. The molecule has 3 unspecified atom stereocenters. The molecule has 0 aromatic heterocycles. The van der Waals surface area contributed by atoms with Crippen LogP contribution in [0.1, 0.15) is 19.8 Å². The van der Waals surface area contributed by atoms with Crippen molar-refractivity contribution in [2.24, 2.45) is 11.8 Å². The minimum atomic E-state index is -0.367. The second-order valence-corrected chi connectivity index (χ2v) is 7.37. The molecule has 2 saturated heterocycles. The smallest absolute Gasteiger partial charge is 0.227 e. The number of nitrogens with zero attached hydrogens (tertiary/aromatic N) is 1. The molecule has 8 nitrogen and oxygen atoms in total. The number of anilines is 1. The molecule has 2 N–H and O–H groups in total. The quantitative estimate of drug-likeness (QED) is 0.757. The van der Waals surface area contributed by atoms with Crippen molar-refractivity contribution in [3.05, 3.63) is 12.1 Å². The maximum atomic E-state index is 12.7. The first-order valence-corrected chi connectivity index (χ1v) is 9.60. The molecule has 2 heterocycles. The van der Waals surface area contributed by atoms with Gasteiger partial charge in [-0.05, 0) is 25.4 Å². The fraction of sp³-hybridized carbons (Fsp3) is 0.600. The van der Waals surface area contributed by atoms with E-state index in [0.29, 0.717) is 35.4 Å². The average molecular weight is 391 g/mol. The molecule has 28 heavy (non-hydrogen) atoms. The Balaban J connectivity index is 1.74. The van der Waals surface area contributed by atoms with Crippen LogP contribution in [0.4, 0.5) is 5.69 Å². The van der Waals surface area contributed by atoms with Gasteiger partial charge in [-0.3, -0.25) is 9.59 Å². The van der Waals surface area contributed by atoms with Gasteiger partial charge in [0.1, 0.15) is 0 Å². The number of hydrogen-bond donors (Lipinski definition) is 2. The zero-order valence-corrected chi connectivity index (χ0v) is 16.9. The minimum Gasteiger partial charge on any atom is -0.493 e. The van der Waals surface area contributed by atoms with Crippen LogP contribution in [-0.2, 0) is 9.59 Å². The highest BCUT2D eigenvalue weighted by atomic mass is 16.5. The molecule has 2 amide bonds. The highest BCUT2D eigenvalue weighted by Gasteiger charge is 2.37. The van der Waals surface area contributed by atoms with Gasteiger partial charge in [-0.15, -0.1) is 0 Å². The molecule has 0 spiro atoms. The largest absolute Gasteiger partial charge is 0.493 e. The van der Waals surface area contributed by atoms with Gasteiger partial charge in [0.05, 0.1) is 32.9 Å². The van der Waals surface area contributed by atoms with Crippen molar-refractivity contribution in [1.82, 2.24) is 10.6 Å². The van der Waals surface area contributed by atoms with Crippen LogP contribution in [0.5, 0.6) is 17.2 Å². The number of amides is 2. The molecular formula is C20H29N3O5. The third-order valence-corrected chi connectivity index (χ3v) is 5.57. The molecule has 3 rings (SSSR count). The van der Waals surface area contributed by atoms with E-state index in [1.54, 1.807) is 17.0 Å². The van der Waals surface area contributed by atoms with E-state index in [1.807, 2.05) is 0 Å². The normalized spacial score (nSPS) is 24.8. The lowest BCUT2D eigenvalue weighted by Gasteiger charge is -2.31. The van der Waals surface area contributed by atoms with Gasteiger partial charge in [0, 0.05) is 31.1 Å². The molecule has 0 bridgehead atoms. The van der Waals surface area contributed by atoms with Crippen LogP contribution in [-0.4, -0.2) is 58.8 Å². The SMILES string of the molecule is COc1cc(N2CC(C(=O)NC3CCNCC3C)CC2=O)cc(OC)c1OC. The van der Waals surface area contributed by atoms with Gasteiger partial charge in [-0.25, -0.2) is 0 Å². The molecule has 1 aromatic carbocycles. The van der Waals surface area contributed by atoms with E-state index in [9.17, 15) is 9.59 Å². The summed E-state index contributed by atoms with van der Waals surface area (Å²) in [6, 6.07) is 3.61. The molecule has 154 valence electrons. The van der Waals surface area contributed by atoms with E-state index in [1.165, 1.54) is 21.3 Å². The Morgan fingerprint density at radius 3 is 2.43 bits per heavy atom. The fourth-order valence-corrected chi connectivity index (χ4v) is 3.88. The van der Waals surface area contributed by atoms with Crippen LogP contribution in [0.2, 0.25) is 0 Å². The number of nitrogens with one attached hydrogen (secondary N) is 2. The third-order valence-electron chi connectivity index (χ3n) is 5.57. The molecule has 8 heteroatoms. The topological polar surface area (TPSA) is 89.1 Å². The maximum absolute atomic E-state index is 12.7. The van der Waals surface area contributed by atoms with Gasteiger partial charge >= 0.3 is 0 Å². The molecule has 2 fully saturated rings. The Bertz CT molecular complexity index is 714. The van der Waals surface area contributed by atoms with Crippen LogP contribution >= 0.6 is 0 Å². The summed E-state index contributed by atoms with van der Waals surface area (Å²) < 4.78 is 16.1. The number of carbonyl (C=O) groups excluding carboxylic acids is 2. The Morgan fingerprint density at radius 2 is 1.86 bits per heavy atom. The Hall–Kier alpha value is -2.48. The van der Waals surface area contributed by atoms with E-state index in [0.717, 1.165) is 19.5 Å². The van der Waals surface area contributed by atoms with Crippen molar-refractivity contribution in [3.63, 3.8) is 0 Å². The van der Waals surface area contributed by atoms with Crippen LogP contribution in [0.3, 0.4) is 0 Å². The van der Waals surface area contributed by atoms with Gasteiger partial charge in [0.25, 0.3) is 0 Å². The molecule has 1 aromatic rings. The number of rotatable bonds is 6. The highest BCUT2D eigenvalue weighted by Crippen LogP contribution is 2.42. The molecule has 0 radical (unpaired) electrons. The fourth-order valence-electron chi connectivity index (χ4n) is 3.88. The number of benzene rings is 1. The Labute approximate surface area is 165 Å². The predicted molar refractivity (Wildman–Crippen MR) is 105 cm³/mol. The zero-order valence-electron chi connectivity index (χ0n) is 16.9. The summed E-state index contributed by atoms with van der Waals surface area (Å²) in [6.07, 6.45) is 1.10. The monoisotopic (exact) mass is 391 g/mol. The number of piperidine rings is 1. The Morgan fingerprint density at radius 1 is 1.18 bits per heavy atom. The third kappa shape index (κ3) is 4.01. The lowest BCUT2D eigenvalue weighted by Crippen LogP contribution is -2.50. The van der Waals surface area contributed by atoms with Gasteiger partial charge in [0.2, 0.25) is 17.6 Å². The number of carbonyl (C=O) groups is 2. The van der Waals surface area contributed by atoms with Gasteiger partial charge in [-0.2, -0.15) is 0 Å². The summed E-state index contributed by atoms with van der Waals surface area (Å²) in [5.74, 6) is 1.28. The van der Waals surface area contributed by atoms with Crippen LogP contribution in [0.15, 0.2) is 12.1 Å². The Kier molecular flexibility index (Phi) is 6.28. The lowest BCUT2D eigenvalue weighted by molar-refractivity contribution is -0.127. The standard InChI is InChI=1S/C20H29N3O5/c1-12-10-21-6-5-15(12)22-20(25)13-7-18(24)23(11-13)14-8-16(26-2)19(28-4)17(9-14)27-3/h8-9,12-13,15,21H,5-7,10-11H2,1-4H3,(H,22,25). The van der Waals surface area contributed by atoms with E-state index in [4.69, 9.17) is 14.2 Å². The molecule has 0 aliphatic carbocycles. The summed E-state index contributed by atoms with van der Waals surface area (Å²) in [5.41, 5.74) is 0.630. The first-order chi connectivity index (χ1) is 13.5. The van der Waals surface area contributed by atoms with E-state index >= 15 is 0 Å². The van der Waals surface area contributed by atoms with Gasteiger partial charge in [-0.1, -0.05) is 6.92 Å².